The standard InChI is InChI=1S/C6H4O3S2/c7-11(10)8-5-3-1-2-4-6(5)9-11/h1-4H. The fourth-order valence-corrected chi connectivity index (χ4v) is 2.01. The molecule has 5 heteroatoms. The van der Waals surface area contributed by atoms with E-state index >= 15 is 0 Å². The van der Waals surface area contributed by atoms with Crippen molar-refractivity contribution in [1.82, 2.24) is 0 Å². The second-order valence-electron chi connectivity index (χ2n) is 2.02. The van der Waals surface area contributed by atoms with E-state index in [9.17, 15) is 4.21 Å². The lowest BCUT2D eigenvalue weighted by Gasteiger charge is -1.92. The van der Waals surface area contributed by atoms with E-state index in [0.717, 1.165) is 0 Å². The van der Waals surface area contributed by atoms with Gasteiger partial charge in [-0.05, 0) is 12.1 Å². The van der Waals surface area contributed by atoms with Crippen LogP contribution in [-0.2, 0) is 20.2 Å². The first kappa shape index (κ1) is 6.87. The maximum Gasteiger partial charge on any atom is 0.361 e. The Hall–Kier alpha value is -0.810. The van der Waals surface area contributed by atoms with Gasteiger partial charge in [-0.1, -0.05) is 12.1 Å². The zero-order valence-electron chi connectivity index (χ0n) is 5.35. The molecule has 1 aliphatic heterocycles. The number of benzene rings is 1. The van der Waals surface area contributed by atoms with E-state index in [0.29, 0.717) is 11.5 Å². The first-order valence-electron chi connectivity index (χ1n) is 2.90. The monoisotopic (exact) mass is 188 g/mol. The summed E-state index contributed by atoms with van der Waals surface area (Å²) in [5.41, 5.74) is 0. The summed E-state index contributed by atoms with van der Waals surface area (Å²) in [6.45, 7) is 0. The molecular weight excluding hydrogens is 184 g/mol. The van der Waals surface area contributed by atoms with Gasteiger partial charge in [0, 0.05) is 0 Å². The lowest BCUT2D eigenvalue weighted by atomic mass is 10.3. The van der Waals surface area contributed by atoms with Gasteiger partial charge < -0.3 is 8.37 Å². The van der Waals surface area contributed by atoms with Gasteiger partial charge in [0.1, 0.15) is 0 Å². The van der Waals surface area contributed by atoms with Crippen LogP contribution in [0.1, 0.15) is 0 Å². The minimum Gasteiger partial charge on any atom is -0.369 e. The summed E-state index contributed by atoms with van der Waals surface area (Å²) in [4.78, 5) is 0. The van der Waals surface area contributed by atoms with Crippen LogP contribution >= 0.6 is 0 Å². The summed E-state index contributed by atoms with van der Waals surface area (Å²) in [5, 5.41) is 0. The molecule has 2 rings (SSSR count). The molecule has 1 aliphatic rings. The summed E-state index contributed by atoms with van der Waals surface area (Å²) in [6.07, 6.45) is 0. The van der Waals surface area contributed by atoms with Crippen molar-refractivity contribution in [3.8, 4) is 11.5 Å². The molecule has 0 amide bonds. The first-order valence-corrected chi connectivity index (χ1v) is 5.24. The lowest BCUT2D eigenvalue weighted by Crippen LogP contribution is -2.06. The van der Waals surface area contributed by atoms with E-state index in [1.807, 2.05) is 0 Å². The Morgan fingerprint density at radius 3 is 2.09 bits per heavy atom. The van der Waals surface area contributed by atoms with Crippen molar-refractivity contribution in [3.05, 3.63) is 24.3 Å². The normalized spacial score (nSPS) is 18.2. The third kappa shape index (κ3) is 1.17. The van der Waals surface area contributed by atoms with Crippen LogP contribution in [0.4, 0.5) is 0 Å². The van der Waals surface area contributed by atoms with Crippen LogP contribution in [0.3, 0.4) is 0 Å². The summed E-state index contributed by atoms with van der Waals surface area (Å²) in [5.74, 6) is 0.903. The SMILES string of the molecule is O=S1(=S)Oc2ccccc2O1. The Balaban J connectivity index is 2.57. The largest absolute Gasteiger partial charge is 0.369 e. The second kappa shape index (κ2) is 2.09. The van der Waals surface area contributed by atoms with E-state index in [2.05, 4.69) is 11.2 Å². The Labute approximate surface area is 69.0 Å². The molecule has 0 aromatic heterocycles. The summed E-state index contributed by atoms with van der Waals surface area (Å²) >= 11 is 4.50. The molecule has 0 N–H and O–H groups in total. The molecule has 0 radical (unpaired) electrons. The highest BCUT2D eigenvalue weighted by Crippen LogP contribution is 2.34. The number of hydrogen-bond acceptors (Lipinski definition) is 4. The quantitative estimate of drug-likeness (QED) is 0.609. The molecule has 1 aromatic carbocycles. The zero-order valence-corrected chi connectivity index (χ0v) is 6.98. The van der Waals surface area contributed by atoms with E-state index in [1.165, 1.54) is 0 Å². The molecule has 0 saturated heterocycles. The van der Waals surface area contributed by atoms with Gasteiger partial charge in [-0.15, -0.1) is 0 Å². The number of rotatable bonds is 0. The van der Waals surface area contributed by atoms with Crippen molar-refractivity contribution >= 4 is 20.2 Å². The van der Waals surface area contributed by atoms with E-state index in [1.54, 1.807) is 24.3 Å². The summed E-state index contributed by atoms with van der Waals surface area (Å²) in [6, 6.07) is 6.85. The van der Waals surface area contributed by atoms with Crippen LogP contribution in [0.5, 0.6) is 11.5 Å². The predicted octanol–water partition coefficient (Wildman–Crippen LogP) is 1.03. The molecule has 11 heavy (non-hydrogen) atoms. The predicted molar refractivity (Wildman–Crippen MR) is 43.2 cm³/mol. The molecule has 0 fully saturated rings. The highest BCUT2D eigenvalue weighted by atomic mass is 32.9. The zero-order chi connectivity index (χ0) is 7.90. The molecule has 0 unspecified atom stereocenters. The Kier molecular flexibility index (Phi) is 1.30. The Morgan fingerprint density at radius 1 is 1.18 bits per heavy atom. The molecule has 1 aromatic rings. The molecule has 1 heterocycles. The fraction of sp³-hybridized carbons (Fsp3) is 0. The summed E-state index contributed by atoms with van der Waals surface area (Å²) < 4.78 is 20.6. The Morgan fingerprint density at radius 2 is 1.64 bits per heavy atom. The third-order valence-electron chi connectivity index (χ3n) is 1.23. The maximum absolute atomic E-state index is 11.0. The smallest absolute Gasteiger partial charge is 0.361 e. The maximum atomic E-state index is 11.0. The van der Waals surface area contributed by atoms with E-state index in [-0.39, 0.29) is 0 Å². The minimum absolute atomic E-state index is 0.451. The molecule has 0 atom stereocenters. The fourth-order valence-electron chi connectivity index (χ4n) is 0.825. The average molecular weight is 188 g/mol. The van der Waals surface area contributed by atoms with Crippen molar-refractivity contribution in [1.29, 1.82) is 0 Å². The highest BCUT2D eigenvalue weighted by Gasteiger charge is 2.23. The van der Waals surface area contributed by atoms with Gasteiger partial charge in [-0.25, -0.2) is 0 Å². The highest BCUT2D eigenvalue weighted by molar-refractivity contribution is 8.28. The molecule has 58 valence electrons. The van der Waals surface area contributed by atoms with Crippen LogP contribution in [0, 0.1) is 0 Å². The molecular formula is C6H4O3S2. The van der Waals surface area contributed by atoms with Crippen LogP contribution < -0.4 is 8.37 Å². The van der Waals surface area contributed by atoms with Gasteiger partial charge in [0.05, 0.1) is 11.2 Å². The van der Waals surface area contributed by atoms with Gasteiger partial charge in [0.15, 0.2) is 11.5 Å². The molecule has 0 spiro atoms. The number of fused-ring (bicyclic) bond motifs is 1. The van der Waals surface area contributed by atoms with Gasteiger partial charge in [0.25, 0.3) is 0 Å². The lowest BCUT2D eigenvalue weighted by molar-refractivity contribution is 0.517. The van der Waals surface area contributed by atoms with Gasteiger partial charge in [-0.3, -0.25) is 0 Å². The number of hydrogen-bond donors (Lipinski definition) is 0. The van der Waals surface area contributed by atoms with Crippen molar-refractivity contribution < 1.29 is 12.6 Å². The third-order valence-corrected chi connectivity index (χ3v) is 2.41. The van der Waals surface area contributed by atoms with Crippen molar-refractivity contribution in [2.45, 2.75) is 0 Å². The first-order chi connectivity index (χ1) is 5.17. The average Bonchev–Trinajstić information content (AvgIpc) is 2.21. The van der Waals surface area contributed by atoms with Crippen LogP contribution in [0.15, 0.2) is 24.3 Å². The van der Waals surface area contributed by atoms with Crippen LogP contribution in [0.2, 0.25) is 0 Å². The van der Waals surface area contributed by atoms with Gasteiger partial charge in [0.2, 0.25) is 0 Å². The van der Waals surface area contributed by atoms with Gasteiger partial charge in [-0.2, -0.15) is 4.21 Å². The van der Waals surface area contributed by atoms with Gasteiger partial charge >= 0.3 is 9.05 Å². The van der Waals surface area contributed by atoms with E-state index < -0.39 is 9.05 Å². The van der Waals surface area contributed by atoms with Crippen molar-refractivity contribution in [2.75, 3.05) is 0 Å². The molecule has 0 bridgehead atoms. The topological polar surface area (TPSA) is 35.5 Å². The van der Waals surface area contributed by atoms with Crippen LogP contribution in [0.25, 0.3) is 0 Å². The molecule has 0 aliphatic carbocycles. The van der Waals surface area contributed by atoms with Crippen LogP contribution in [-0.4, -0.2) is 4.21 Å². The molecule has 0 saturated carbocycles. The van der Waals surface area contributed by atoms with Crippen molar-refractivity contribution in [3.63, 3.8) is 0 Å². The van der Waals surface area contributed by atoms with Crippen molar-refractivity contribution in [2.24, 2.45) is 0 Å². The number of para-hydroxylation sites is 2. The Bertz CT molecular complexity index is 352. The molecule has 3 nitrogen and oxygen atoms in total. The van der Waals surface area contributed by atoms with E-state index in [4.69, 9.17) is 8.37 Å². The minimum atomic E-state index is -2.97. The second-order valence-corrected chi connectivity index (χ2v) is 4.40. The summed E-state index contributed by atoms with van der Waals surface area (Å²) in [7, 11) is -2.97.